The molecule has 0 spiro atoms. The summed E-state index contributed by atoms with van der Waals surface area (Å²) in [6, 6.07) is 0. The van der Waals surface area contributed by atoms with Crippen LogP contribution in [0.5, 0.6) is 0 Å². The molecule has 19 heavy (non-hydrogen) atoms. The normalized spacial score (nSPS) is 9.95. The van der Waals surface area contributed by atoms with Crippen LogP contribution in [0.3, 0.4) is 0 Å². The highest BCUT2D eigenvalue weighted by Gasteiger charge is 2.05. The zero-order valence-corrected chi connectivity index (χ0v) is 11.3. The molecule has 0 unspecified atom stereocenters. The van der Waals surface area contributed by atoms with Crippen molar-refractivity contribution in [3.8, 4) is 0 Å². The molecule has 0 fully saturated rings. The standard InChI is InChI=1S/C12H23N3O4/c1-10(16)14-7-3-2-5-13-6-4-8-15-11(17)9-12(18)19/h13H,2-9H2,1H3,(H,14,16)(H,15,17)(H,18,19). The number of carboxylic acids is 1. The van der Waals surface area contributed by atoms with E-state index in [-0.39, 0.29) is 5.91 Å². The maximum atomic E-state index is 11.0. The van der Waals surface area contributed by atoms with Crippen LogP contribution < -0.4 is 16.0 Å². The zero-order valence-electron chi connectivity index (χ0n) is 11.3. The van der Waals surface area contributed by atoms with Crippen LogP contribution in [0, 0.1) is 0 Å². The van der Waals surface area contributed by atoms with Crippen LogP contribution >= 0.6 is 0 Å². The molecule has 0 aromatic carbocycles. The van der Waals surface area contributed by atoms with Crippen molar-refractivity contribution >= 4 is 17.8 Å². The zero-order chi connectivity index (χ0) is 14.5. The largest absolute Gasteiger partial charge is 0.481 e. The van der Waals surface area contributed by atoms with Crippen molar-refractivity contribution in [2.75, 3.05) is 26.2 Å². The van der Waals surface area contributed by atoms with Crippen molar-refractivity contribution < 1.29 is 19.5 Å². The summed E-state index contributed by atoms with van der Waals surface area (Å²) < 4.78 is 0. The molecule has 110 valence electrons. The van der Waals surface area contributed by atoms with Gasteiger partial charge in [-0.1, -0.05) is 0 Å². The lowest BCUT2D eigenvalue weighted by molar-refractivity contribution is -0.140. The highest BCUT2D eigenvalue weighted by Crippen LogP contribution is 1.85. The van der Waals surface area contributed by atoms with Crippen LogP contribution in [0.1, 0.15) is 32.6 Å². The SMILES string of the molecule is CC(=O)NCCCCNCCCNC(=O)CC(=O)O. The van der Waals surface area contributed by atoms with Crippen molar-refractivity contribution in [1.82, 2.24) is 16.0 Å². The molecule has 0 aliphatic carbocycles. The van der Waals surface area contributed by atoms with Crippen LogP contribution in [-0.4, -0.2) is 49.1 Å². The number of unbranched alkanes of at least 4 members (excludes halogenated alkanes) is 1. The average Bonchev–Trinajstić information content (AvgIpc) is 2.30. The van der Waals surface area contributed by atoms with Crippen LogP contribution in [-0.2, 0) is 14.4 Å². The first-order chi connectivity index (χ1) is 9.02. The lowest BCUT2D eigenvalue weighted by atomic mass is 10.3. The first-order valence-electron chi connectivity index (χ1n) is 6.46. The maximum absolute atomic E-state index is 11.0. The average molecular weight is 273 g/mol. The summed E-state index contributed by atoms with van der Waals surface area (Å²) in [6.45, 7) is 4.31. The van der Waals surface area contributed by atoms with Crippen molar-refractivity contribution in [3.05, 3.63) is 0 Å². The fourth-order valence-electron chi connectivity index (χ4n) is 1.41. The van der Waals surface area contributed by atoms with Gasteiger partial charge in [-0.15, -0.1) is 0 Å². The van der Waals surface area contributed by atoms with E-state index in [2.05, 4.69) is 16.0 Å². The molecule has 0 heterocycles. The Morgan fingerprint density at radius 1 is 0.895 bits per heavy atom. The number of rotatable bonds is 11. The third kappa shape index (κ3) is 14.3. The summed E-state index contributed by atoms with van der Waals surface area (Å²) in [5, 5.41) is 16.8. The number of hydrogen-bond donors (Lipinski definition) is 4. The molecule has 7 heteroatoms. The van der Waals surface area contributed by atoms with E-state index >= 15 is 0 Å². The van der Waals surface area contributed by atoms with Gasteiger partial charge in [-0.25, -0.2) is 0 Å². The number of carboxylic acid groups (broad SMARTS) is 1. The highest BCUT2D eigenvalue weighted by atomic mass is 16.4. The Labute approximate surface area is 113 Å². The van der Waals surface area contributed by atoms with E-state index in [0.717, 1.165) is 32.4 Å². The molecular weight excluding hydrogens is 250 g/mol. The Balaban J connectivity index is 3.17. The number of nitrogens with one attached hydrogen (secondary N) is 3. The summed E-state index contributed by atoms with van der Waals surface area (Å²) in [5.74, 6) is -1.58. The van der Waals surface area contributed by atoms with Gasteiger partial charge in [-0.3, -0.25) is 14.4 Å². The Bertz CT molecular complexity index is 295. The number of carbonyl (C=O) groups is 3. The Kier molecular flexibility index (Phi) is 10.5. The number of aliphatic carboxylic acids is 1. The maximum Gasteiger partial charge on any atom is 0.312 e. The quantitative estimate of drug-likeness (QED) is 0.299. The fourth-order valence-corrected chi connectivity index (χ4v) is 1.41. The van der Waals surface area contributed by atoms with Crippen LogP contribution in [0.15, 0.2) is 0 Å². The number of hydrogen-bond acceptors (Lipinski definition) is 4. The van der Waals surface area contributed by atoms with Gasteiger partial charge < -0.3 is 21.1 Å². The van der Waals surface area contributed by atoms with Gasteiger partial charge in [0.25, 0.3) is 0 Å². The number of carbonyl (C=O) groups excluding carboxylic acids is 2. The van der Waals surface area contributed by atoms with Crippen molar-refractivity contribution in [3.63, 3.8) is 0 Å². The van der Waals surface area contributed by atoms with E-state index in [4.69, 9.17) is 5.11 Å². The smallest absolute Gasteiger partial charge is 0.312 e. The van der Waals surface area contributed by atoms with Crippen molar-refractivity contribution in [2.45, 2.75) is 32.6 Å². The van der Waals surface area contributed by atoms with Gasteiger partial charge in [0.15, 0.2) is 0 Å². The summed E-state index contributed by atoms with van der Waals surface area (Å²) in [6.07, 6.45) is 2.20. The molecule has 0 radical (unpaired) electrons. The summed E-state index contributed by atoms with van der Waals surface area (Å²) in [7, 11) is 0. The van der Waals surface area contributed by atoms with Gasteiger partial charge >= 0.3 is 5.97 Å². The molecule has 0 bridgehead atoms. The fraction of sp³-hybridized carbons (Fsp3) is 0.750. The van der Waals surface area contributed by atoms with E-state index in [1.807, 2.05) is 0 Å². The highest BCUT2D eigenvalue weighted by molar-refractivity contribution is 5.93. The molecule has 7 nitrogen and oxygen atoms in total. The van der Waals surface area contributed by atoms with E-state index < -0.39 is 18.3 Å². The van der Waals surface area contributed by atoms with Crippen LogP contribution in [0.2, 0.25) is 0 Å². The van der Waals surface area contributed by atoms with Gasteiger partial charge in [-0.2, -0.15) is 0 Å². The van der Waals surface area contributed by atoms with Gasteiger partial charge in [0.05, 0.1) is 0 Å². The first-order valence-corrected chi connectivity index (χ1v) is 6.46. The molecule has 0 saturated carbocycles. The first kappa shape index (κ1) is 17.4. The minimum atomic E-state index is -1.12. The summed E-state index contributed by atoms with van der Waals surface area (Å²) in [5.41, 5.74) is 0. The molecule has 2 amide bonds. The predicted molar refractivity (Wildman–Crippen MR) is 70.7 cm³/mol. The number of amides is 2. The second-order valence-corrected chi connectivity index (χ2v) is 4.21. The topological polar surface area (TPSA) is 108 Å². The second-order valence-electron chi connectivity index (χ2n) is 4.21. The van der Waals surface area contributed by atoms with Crippen LogP contribution in [0.4, 0.5) is 0 Å². The molecule has 0 atom stereocenters. The Morgan fingerprint density at radius 3 is 2.11 bits per heavy atom. The molecule has 0 saturated heterocycles. The second kappa shape index (κ2) is 11.5. The Hall–Kier alpha value is -1.63. The van der Waals surface area contributed by atoms with E-state index in [1.54, 1.807) is 0 Å². The molecule has 0 aliphatic heterocycles. The third-order valence-electron chi connectivity index (χ3n) is 2.32. The lowest BCUT2D eigenvalue weighted by Gasteiger charge is -2.06. The van der Waals surface area contributed by atoms with Gasteiger partial charge in [0, 0.05) is 20.0 Å². The minimum Gasteiger partial charge on any atom is -0.481 e. The monoisotopic (exact) mass is 273 g/mol. The summed E-state index contributed by atoms with van der Waals surface area (Å²) in [4.78, 5) is 31.8. The molecule has 4 N–H and O–H groups in total. The van der Waals surface area contributed by atoms with Crippen LogP contribution in [0.25, 0.3) is 0 Å². The van der Waals surface area contributed by atoms with E-state index in [9.17, 15) is 14.4 Å². The van der Waals surface area contributed by atoms with Gasteiger partial charge in [0.2, 0.25) is 11.8 Å². The van der Waals surface area contributed by atoms with E-state index in [0.29, 0.717) is 13.1 Å². The van der Waals surface area contributed by atoms with Gasteiger partial charge in [0.1, 0.15) is 6.42 Å². The molecule has 0 rings (SSSR count). The van der Waals surface area contributed by atoms with Gasteiger partial charge in [-0.05, 0) is 32.4 Å². The molecular formula is C12H23N3O4. The Morgan fingerprint density at radius 2 is 1.47 bits per heavy atom. The molecule has 0 aromatic heterocycles. The van der Waals surface area contributed by atoms with E-state index in [1.165, 1.54) is 6.92 Å². The summed E-state index contributed by atoms with van der Waals surface area (Å²) >= 11 is 0. The lowest BCUT2D eigenvalue weighted by Crippen LogP contribution is -2.29. The van der Waals surface area contributed by atoms with Crippen molar-refractivity contribution in [1.29, 1.82) is 0 Å². The van der Waals surface area contributed by atoms with Crippen molar-refractivity contribution in [2.24, 2.45) is 0 Å². The predicted octanol–water partition coefficient (Wildman–Crippen LogP) is -0.527. The molecule has 0 aliphatic rings. The third-order valence-corrected chi connectivity index (χ3v) is 2.32. The molecule has 0 aromatic rings. The minimum absolute atomic E-state index is 0.00920.